The van der Waals surface area contributed by atoms with Crippen LogP contribution in [0.1, 0.15) is 39.5 Å². The molecule has 0 aromatic rings. The molecule has 0 bridgehead atoms. The van der Waals surface area contributed by atoms with Crippen LogP contribution in [-0.2, 0) is 9.53 Å². The number of piperidine rings is 1. The van der Waals surface area contributed by atoms with Crippen LogP contribution in [0.25, 0.3) is 0 Å². The van der Waals surface area contributed by atoms with Crippen molar-refractivity contribution in [3.63, 3.8) is 0 Å². The lowest BCUT2D eigenvalue weighted by atomic mass is 9.94. The molecule has 0 spiro atoms. The van der Waals surface area contributed by atoms with Crippen LogP contribution < -0.4 is 5.73 Å². The maximum Gasteiger partial charge on any atom is 0.251 e. The van der Waals surface area contributed by atoms with E-state index in [4.69, 9.17) is 10.5 Å². The second-order valence-corrected chi connectivity index (χ2v) is 5.58. The molecule has 98 valence electrons. The van der Waals surface area contributed by atoms with Gasteiger partial charge in [0.2, 0.25) is 0 Å². The smallest absolute Gasteiger partial charge is 0.251 e. The third kappa shape index (κ3) is 2.80. The number of amides is 1. The predicted octanol–water partition coefficient (Wildman–Crippen LogP) is 1.14. The Kier molecular flexibility index (Phi) is 4.05. The molecule has 2 aliphatic rings. The number of carbonyl (C=O) groups excluding carboxylic acids is 1. The van der Waals surface area contributed by atoms with E-state index >= 15 is 0 Å². The summed E-state index contributed by atoms with van der Waals surface area (Å²) in [5, 5.41) is 0. The lowest BCUT2D eigenvalue weighted by Gasteiger charge is -2.38. The van der Waals surface area contributed by atoms with Crippen molar-refractivity contribution < 1.29 is 9.53 Å². The maximum absolute atomic E-state index is 12.4. The zero-order valence-electron chi connectivity index (χ0n) is 10.9. The molecule has 2 fully saturated rings. The van der Waals surface area contributed by atoms with E-state index in [0.29, 0.717) is 18.5 Å². The third-order valence-corrected chi connectivity index (χ3v) is 4.05. The summed E-state index contributed by atoms with van der Waals surface area (Å²) in [5.41, 5.74) is 5.57. The van der Waals surface area contributed by atoms with Crippen molar-refractivity contribution in [2.45, 2.75) is 57.8 Å². The highest BCUT2D eigenvalue weighted by atomic mass is 16.5. The quantitative estimate of drug-likeness (QED) is 0.787. The van der Waals surface area contributed by atoms with Gasteiger partial charge in [-0.1, -0.05) is 6.92 Å². The van der Waals surface area contributed by atoms with Gasteiger partial charge in [-0.15, -0.1) is 0 Å². The van der Waals surface area contributed by atoms with Gasteiger partial charge in [0.25, 0.3) is 5.91 Å². The van der Waals surface area contributed by atoms with Crippen molar-refractivity contribution in [2.24, 2.45) is 11.7 Å². The van der Waals surface area contributed by atoms with Crippen LogP contribution in [-0.4, -0.2) is 42.1 Å². The highest BCUT2D eigenvalue weighted by Gasteiger charge is 2.36. The van der Waals surface area contributed by atoms with Gasteiger partial charge in [-0.3, -0.25) is 4.79 Å². The molecule has 0 aliphatic carbocycles. The molecule has 2 N–H and O–H groups in total. The fourth-order valence-electron chi connectivity index (χ4n) is 2.84. The average molecular weight is 240 g/mol. The highest BCUT2D eigenvalue weighted by molar-refractivity contribution is 5.81. The van der Waals surface area contributed by atoms with Crippen LogP contribution in [0.3, 0.4) is 0 Å². The number of likely N-dealkylation sites (tertiary alicyclic amines) is 1. The normalized spacial score (nSPS) is 38.4. The van der Waals surface area contributed by atoms with Gasteiger partial charge in [0, 0.05) is 19.1 Å². The molecule has 4 unspecified atom stereocenters. The summed E-state index contributed by atoms with van der Waals surface area (Å²) in [7, 11) is 0. The Morgan fingerprint density at radius 1 is 1.29 bits per heavy atom. The first-order valence-electron chi connectivity index (χ1n) is 6.77. The molecule has 2 saturated heterocycles. The van der Waals surface area contributed by atoms with Crippen molar-refractivity contribution >= 4 is 5.91 Å². The fraction of sp³-hybridized carbons (Fsp3) is 0.923. The first kappa shape index (κ1) is 12.8. The summed E-state index contributed by atoms with van der Waals surface area (Å²) in [5.74, 6) is 0.793. The number of hydrogen-bond donors (Lipinski definition) is 1. The number of carbonyl (C=O) groups is 1. The average Bonchev–Trinajstić information content (AvgIpc) is 2.80. The minimum atomic E-state index is -0.240. The molecule has 2 aliphatic heterocycles. The van der Waals surface area contributed by atoms with Crippen LogP contribution in [0.2, 0.25) is 0 Å². The number of rotatable bonds is 2. The number of nitrogens with zero attached hydrogens (tertiary/aromatic N) is 1. The molecule has 0 radical (unpaired) electrons. The molecule has 2 rings (SSSR count). The van der Waals surface area contributed by atoms with Crippen LogP contribution in [0.15, 0.2) is 0 Å². The first-order chi connectivity index (χ1) is 8.11. The minimum absolute atomic E-state index is 0.0847. The van der Waals surface area contributed by atoms with Gasteiger partial charge in [0.1, 0.15) is 6.10 Å². The maximum atomic E-state index is 12.4. The Morgan fingerprint density at radius 2 is 2.06 bits per heavy atom. The highest BCUT2D eigenvalue weighted by Crippen LogP contribution is 2.26. The summed E-state index contributed by atoms with van der Waals surface area (Å²) in [6.07, 6.45) is 3.93. The first-order valence-corrected chi connectivity index (χ1v) is 6.77. The second-order valence-electron chi connectivity index (χ2n) is 5.58. The largest absolute Gasteiger partial charge is 0.364 e. The Labute approximate surface area is 103 Å². The van der Waals surface area contributed by atoms with Crippen molar-refractivity contribution in [1.29, 1.82) is 0 Å². The van der Waals surface area contributed by atoms with E-state index in [1.54, 1.807) is 0 Å². The van der Waals surface area contributed by atoms with Crippen molar-refractivity contribution in [3.05, 3.63) is 0 Å². The van der Waals surface area contributed by atoms with Gasteiger partial charge in [0.15, 0.2) is 0 Å². The molecule has 0 aromatic heterocycles. The van der Waals surface area contributed by atoms with E-state index in [9.17, 15) is 4.79 Å². The molecule has 2 heterocycles. The summed E-state index contributed by atoms with van der Waals surface area (Å²) in [6, 6.07) is 0.360. The molecule has 0 aromatic carbocycles. The monoisotopic (exact) mass is 240 g/mol. The molecular weight excluding hydrogens is 216 g/mol. The predicted molar refractivity (Wildman–Crippen MR) is 66.5 cm³/mol. The van der Waals surface area contributed by atoms with E-state index in [1.165, 1.54) is 6.42 Å². The topological polar surface area (TPSA) is 55.6 Å². The molecule has 0 saturated carbocycles. The Morgan fingerprint density at radius 3 is 2.71 bits per heavy atom. The Bertz CT molecular complexity index is 283. The van der Waals surface area contributed by atoms with Gasteiger partial charge < -0.3 is 15.4 Å². The van der Waals surface area contributed by atoms with Gasteiger partial charge in [0.05, 0.1) is 6.10 Å². The molecule has 1 amide bonds. The van der Waals surface area contributed by atoms with Crippen molar-refractivity contribution in [3.8, 4) is 0 Å². The van der Waals surface area contributed by atoms with E-state index in [2.05, 4.69) is 13.8 Å². The van der Waals surface area contributed by atoms with E-state index in [-0.39, 0.29) is 18.1 Å². The van der Waals surface area contributed by atoms with E-state index in [0.717, 1.165) is 25.8 Å². The number of nitrogens with two attached hydrogens (primary N) is 1. The SMILES string of the molecule is CC1CCC(C)N(C(=O)C2CCC(CN)O2)C1. The zero-order valence-corrected chi connectivity index (χ0v) is 10.9. The van der Waals surface area contributed by atoms with Gasteiger partial charge in [-0.2, -0.15) is 0 Å². The van der Waals surface area contributed by atoms with Crippen LogP contribution in [0.4, 0.5) is 0 Å². The summed E-state index contributed by atoms with van der Waals surface area (Å²) in [6.45, 7) is 5.76. The molecule has 4 heteroatoms. The summed E-state index contributed by atoms with van der Waals surface area (Å²) in [4.78, 5) is 14.4. The van der Waals surface area contributed by atoms with Crippen molar-refractivity contribution in [1.82, 2.24) is 4.90 Å². The molecular formula is C13H24N2O2. The van der Waals surface area contributed by atoms with Crippen LogP contribution in [0.5, 0.6) is 0 Å². The van der Waals surface area contributed by atoms with Crippen molar-refractivity contribution in [2.75, 3.05) is 13.1 Å². The zero-order chi connectivity index (χ0) is 12.4. The number of hydrogen-bond acceptors (Lipinski definition) is 3. The minimum Gasteiger partial charge on any atom is -0.364 e. The van der Waals surface area contributed by atoms with Gasteiger partial charge in [-0.05, 0) is 38.5 Å². The number of ether oxygens (including phenoxy) is 1. The Balaban J connectivity index is 1.94. The van der Waals surface area contributed by atoms with Crippen LogP contribution in [0, 0.1) is 5.92 Å². The molecule has 17 heavy (non-hydrogen) atoms. The van der Waals surface area contributed by atoms with Gasteiger partial charge in [-0.25, -0.2) is 0 Å². The van der Waals surface area contributed by atoms with E-state index < -0.39 is 0 Å². The third-order valence-electron chi connectivity index (χ3n) is 4.05. The lowest BCUT2D eigenvalue weighted by Crippen LogP contribution is -2.49. The fourth-order valence-corrected chi connectivity index (χ4v) is 2.84. The second kappa shape index (κ2) is 5.36. The molecule has 4 atom stereocenters. The Hall–Kier alpha value is -0.610. The lowest BCUT2D eigenvalue weighted by molar-refractivity contribution is -0.147. The molecule has 4 nitrogen and oxygen atoms in total. The standard InChI is InChI=1S/C13H24N2O2/c1-9-3-4-10(2)15(8-9)13(16)12-6-5-11(7-14)17-12/h9-12H,3-8,14H2,1-2H3. The van der Waals surface area contributed by atoms with Gasteiger partial charge >= 0.3 is 0 Å². The van der Waals surface area contributed by atoms with E-state index in [1.807, 2.05) is 4.90 Å². The summed E-state index contributed by atoms with van der Waals surface area (Å²) < 4.78 is 5.69. The summed E-state index contributed by atoms with van der Waals surface area (Å²) >= 11 is 0. The van der Waals surface area contributed by atoms with Crippen LogP contribution >= 0.6 is 0 Å².